The lowest BCUT2D eigenvalue weighted by Gasteiger charge is -2.08. The van der Waals surface area contributed by atoms with E-state index in [9.17, 15) is 4.79 Å². The summed E-state index contributed by atoms with van der Waals surface area (Å²) < 4.78 is 8.73. The number of nitrogens with zero attached hydrogens (tertiary/aromatic N) is 2. The number of amides is 1. The smallest absolute Gasteiger partial charge is 0.251 e. The van der Waals surface area contributed by atoms with Crippen molar-refractivity contribution >= 4 is 32.4 Å². The van der Waals surface area contributed by atoms with Crippen LogP contribution in [0.2, 0.25) is 0 Å². The molecule has 0 spiro atoms. The van der Waals surface area contributed by atoms with Crippen molar-refractivity contribution in [3.05, 3.63) is 90.1 Å². The molecule has 0 aliphatic carbocycles. The number of fused-ring (bicyclic) bond motifs is 3. The summed E-state index contributed by atoms with van der Waals surface area (Å²) in [5.41, 5.74) is 4.78. The van der Waals surface area contributed by atoms with E-state index < -0.39 is 0 Å². The Morgan fingerprint density at radius 1 is 1.06 bits per heavy atom. The zero-order chi connectivity index (χ0) is 21.9. The minimum atomic E-state index is -0.0887. The van der Waals surface area contributed by atoms with E-state index in [1.54, 1.807) is 11.3 Å². The van der Waals surface area contributed by atoms with E-state index in [0.29, 0.717) is 18.7 Å². The lowest BCUT2D eigenvalue weighted by molar-refractivity contribution is 0.0951. The molecule has 0 fully saturated rings. The fraction of sp³-hybridized carbons (Fsp3) is 0.154. The summed E-state index contributed by atoms with van der Waals surface area (Å²) in [5.74, 6) is 0.764. The van der Waals surface area contributed by atoms with Gasteiger partial charge in [-0.2, -0.15) is 0 Å². The van der Waals surface area contributed by atoms with E-state index in [1.165, 1.54) is 0 Å². The molecule has 0 atom stereocenters. The molecule has 32 heavy (non-hydrogen) atoms. The Morgan fingerprint density at radius 3 is 2.66 bits per heavy atom. The van der Waals surface area contributed by atoms with Crippen LogP contribution < -0.4 is 10.1 Å². The van der Waals surface area contributed by atoms with E-state index in [-0.39, 0.29) is 5.91 Å². The molecule has 2 heterocycles. The van der Waals surface area contributed by atoms with Crippen LogP contribution in [0.1, 0.15) is 29.3 Å². The van der Waals surface area contributed by atoms with Crippen LogP contribution in [0.15, 0.2) is 79.0 Å². The van der Waals surface area contributed by atoms with Crippen LogP contribution >= 0.6 is 11.3 Å². The second kappa shape index (κ2) is 8.85. The maximum absolute atomic E-state index is 12.7. The van der Waals surface area contributed by atoms with Crippen LogP contribution in [-0.2, 0) is 6.54 Å². The second-order valence-corrected chi connectivity index (χ2v) is 8.61. The number of thiazole rings is 1. The highest BCUT2D eigenvalue weighted by Crippen LogP contribution is 2.30. The number of rotatable bonds is 7. The Labute approximate surface area is 190 Å². The van der Waals surface area contributed by atoms with Crippen molar-refractivity contribution in [1.29, 1.82) is 0 Å². The molecule has 160 valence electrons. The average Bonchev–Trinajstić information content (AvgIpc) is 3.40. The summed E-state index contributed by atoms with van der Waals surface area (Å²) >= 11 is 1.59. The van der Waals surface area contributed by atoms with Gasteiger partial charge in [0.1, 0.15) is 5.75 Å². The van der Waals surface area contributed by atoms with Crippen LogP contribution in [0.3, 0.4) is 0 Å². The number of nitrogens with one attached hydrogen (secondary N) is 1. The third kappa shape index (κ3) is 4.09. The molecule has 2 aromatic heterocycles. The Kier molecular flexibility index (Phi) is 5.60. The van der Waals surface area contributed by atoms with Crippen molar-refractivity contribution in [2.75, 3.05) is 6.61 Å². The normalized spacial score (nSPS) is 11.2. The van der Waals surface area contributed by atoms with Gasteiger partial charge in [0.05, 0.1) is 22.5 Å². The van der Waals surface area contributed by atoms with Gasteiger partial charge in [0, 0.05) is 23.9 Å². The van der Waals surface area contributed by atoms with Gasteiger partial charge in [-0.1, -0.05) is 60.7 Å². The largest absolute Gasteiger partial charge is 0.494 e. The number of aromatic nitrogens is 2. The lowest BCUT2D eigenvalue weighted by atomic mass is 10.1. The lowest BCUT2D eigenvalue weighted by Crippen LogP contribution is -2.22. The number of benzene rings is 3. The molecule has 5 rings (SSSR count). The van der Waals surface area contributed by atoms with E-state index in [2.05, 4.69) is 35.0 Å². The van der Waals surface area contributed by atoms with Gasteiger partial charge in [0.25, 0.3) is 5.91 Å². The highest BCUT2D eigenvalue weighted by Gasteiger charge is 2.13. The SMILES string of the molecule is CCCOc1ccc(CNC(=O)c2ccc3c(c2)sc2nc(-c4ccccc4)cn23)cc1. The number of ether oxygens (including phenoxy) is 1. The quantitative estimate of drug-likeness (QED) is 0.340. The fourth-order valence-electron chi connectivity index (χ4n) is 3.60. The van der Waals surface area contributed by atoms with Crippen LogP contribution in [-0.4, -0.2) is 21.9 Å². The molecule has 0 saturated heterocycles. The van der Waals surface area contributed by atoms with Gasteiger partial charge in [-0.15, -0.1) is 0 Å². The first kappa shape index (κ1) is 20.3. The van der Waals surface area contributed by atoms with E-state index in [4.69, 9.17) is 9.72 Å². The van der Waals surface area contributed by atoms with Crippen molar-refractivity contribution in [3.63, 3.8) is 0 Å². The van der Waals surface area contributed by atoms with Crippen molar-refractivity contribution in [1.82, 2.24) is 14.7 Å². The first-order valence-electron chi connectivity index (χ1n) is 10.7. The zero-order valence-electron chi connectivity index (χ0n) is 17.7. The van der Waals surface area contributed by atoms with E-state index in [0.717, 1.165) is 44.2 Å². The molecule has 3 aromatic carbocycles. The molecular formula is C26H23N3O2S. The predicted octanol–water partition coefficient (Wildman–Crippen LogP) is 5.93. The molecule has 1 amide bonds. The summed E-state index contributed by atoms with van der Waals surface area (Å²) in [6.45, 7) is 3.26. The molecule has 0 unspecified atom stereocenters. The van der Waals surface area contributed by atoms with Crippen LogP contribution in [0.25, 0.3) is 26.4 Å². The molecule has 0 radical (unpaired) electrons. The van der Waals surface area contributed by atoms with Gasteiger partial charge in [-0.3, -0.25) is 9.20 Å². The minimum Gasteiger partial charge on any atom is -0.494 e. The number of hydrogen-bond acceptors (Lipinski definition) is 4. The highest BCUT2D eigenvalue weighted by atomic mass is 32.1. The number of carbonyl (C=O) groups is 1. The Hall–Kier alpha value is -3.64. The van der Waals surface area contributed by atoms with Crippen LogP contribution in [0, 0.1) is 0 Å². The number of imidazole rings is 1. The van der Waals surface area contributed by atoms with Gasteiger partial charge in [0.2, 0.25) is 0 Å². The van der Waals surface area contributed by atoms with E-state index >= 15 is 0 Å². The maximum atomic E-state index is 12.7. The Morgan fingerprint density at radius 2 is 1.88 bits per heavy atom. The van der Waals surface area contributed by atoms with Gasteiger partial charge in [-0.25, -0.2) is 4.98 Å². The minimum absolute atomic E-state index is 0.0887. The van der Waals surface area contributed by atoms with Gasteiger partial charge >= 0.3 is 0 Å². The molecular weight excluding hydrogens is 418 g/mol. The summed E-state index contributed by atoms with van der Waals surface area (Å²) in [6.07, 6.45) is 3.03. The number of hydrogen-bond donors (Lipinski definition) is 1. The highest BCUT2D eigenvalue weighted by molar-refractivity contribution is 7.23. The molecule has 5 aromatic rings. The van der Waals surface area contributed by atoms with Crippen LogP contribution in [0.5, 0.6) is 5.75 Å². The van der Waals surface area contributed by atoms with Crippen molar-refractivity contribution in [2.24, 2.45) is 0 Å². The summed E-state index contributed by atoms with van der Waals surface area (Å²) in [4.78, 5) is 18.4. The van der Waals surface area contributed by atoms with E-state index in [1.807, 2.05) is 60.7 Å². The fourth-order valence-corrected chi connectivity index (χ4v) is 4.65. The van der Waals surface area contributed by atoms with Gasteiger partial charge < -0.3 is 10.1 Å². The zero-order valence-corrected chi connectivity index (χ0v) is 18.6. The summed E-state index contributed by atoms with van der Waals surface area (Å²) in [7, 11) is 0. The van der Waals surface area contributed by atoms with Crippen LogP contribution in [0.4, 0.5) is 0 Å². The summed E-state index contributed by atoms with van der Waals surface area (Å²) in [5, 5.41) is 3.00. The first-order valence-corrected chi connectivity index (χ1v) is 11.5. The molecule has 0 saturated carbocycles. The topological polar surface area (TPSA) is 55.6 Å². The molecule has 5 nitrogen and oxygen atoms in total. The van der Waals surface area contributed by atoms with Crippen molar-refractivity contribution < 1.29 is 9.53 Å². The first-order chi connectivity index (χ1) is 15.7. The Bertz CT molecular complexity index is 1370. The maximum Gasteiger partial charge on any atom is 0.251 e. The molecule has 0 aliphatic heterocycles. The predicted molar refractivity (Wildman–Crippen MR) is 129 cm³/mol. The standard InChI is InChI=1S/C26H23N3O2S/c1-2-14-31-21-11-8-18(9-12-21)16-27-25(30)20-10-13-23-24(15-20)32-26-28-22(17-29(23)26)19-6-4-3-5-7-19/h3-13,15,17H,2,14,16H2,1H3,(H,27,30). The van der Waals surface area contributed by atoms with Gasteiger partial charge in [-0.05, 0) is 42.3 Å². The van der Waals surface area contributed by atoms with Gasteiger partial charge in [0.15, 0.2) is 4.96 Å². The van der Waals surface area contributed by atoms with Crippen molar-refractivity contribution in [2.45, 2.75) is 19.9 Å². The van der Waals surface area contributed by atoms with Crippen molar-refractivity contribution in [3.8, 4) is 17.0 Å². The molecule has 1 N–H and O–H groups in total. The molecule has 0 bridgehead atoms. The number of carbonyl (C=O) groups excluding carboxylic acids is 1. The molecule has 0 aliphatic rings. The molecule has 6 heteroatoms. The Balaban J connectivity index is 1.30. The third-order valence-corrected chi connectivity index (χ3v) is 6.29. The second-order valence-electron chi connectivity index (χ2n) is 7.60. The summed E-state index contributed by atoms with van der Waals surface area (Å²) in [6, 6.07) is 23.8. The third-order valence-electron chi connectivity index (χ3n) is 5.28. The monoisotopic (exact) mass is 441 g/mol. The average molecular weight is 442 g/mol.